The van der Waals surface area contributed by atoms with Crippen LogP contribution in [0.15, 0.2) is 41.0 Å². The third-order valence-electron chi connectivity index (χ3n) is 3.33. The molecule has 4 heteroatoms. The number of para-hydroxylation sites is 1. The Morgan fingerprint density at radius 2 is 2.05 bits per heavy atom. The highest BCUT2D eigenvalue weighted by Gasteiger charge is 2.19. The monoisotopic (exact) mass is 334 g/mol. The van der Waals surface area contributed by atoms with Crippen molar-refractivity contribution in [3.05, 3.63) is 52.3 Å². The maximum atomic E-state index is 12.7. The van der Waals surface area contributed by atoms with Crippen LogP contribution in [0.2, 0.25) is 0 Å². The summed E-state index contributed by atoms with van der Waals surface area (Å²) < 4.78 is 2.94. The molecule has 0 aliphatic carbocycles. The molecule has 20 heavy (non-hydrogen) atoms. The first-order chi connectivity index (χ1) is 9.54. The number of nitrogens with zero attached hydrogens (tertiary/aromatic N) is 2. The van der Waals surface area contributed by atoms with E-state index in [2.05, 4.69) is 22.9 Å². The summed E-state index contributed by atoms with van der Waals surface area (Å²) in [5.74, 6) is 0.0125. The number of benzene rings is 1. The second kappa shape index (κ2) is 6.27. The van der Waals surface area contributed by atoms with E-state index in [1.54, 1.807) is 4.90 Å². The lowest BCUT2D eigenvalue weighted by molar-refractivity contribution is 0.0984. The average molecular weight is 335 g/mol. The van der Waals surface area contributed by atoms with Crippen molar-refractivity contribution in [2.75, 3.05) is 11.9 Å². The van der Waals surface area contributed by atoms with Crippen molar-refractivity contribution in [2.45, 2.75) is 26.8 Å². The molecule has 0 fully saturated rings. The zero-order valence-electron chi connectivity index (χ0n) is 12.1. The molecule has 0 bridgehead atoms. The van der Waals surface area contributed by atoms with Crippen molar-refractivity contribution in [2.24, 2.45) is 0 Å². The van der Waals surface area contributed by atoms with E-state index in [1.807, 2.05) is 55.1 Å². The fraction of sp³-hybridized carbons (Fsp3) is 0.312. The summed E-state index contributed by atoms with van der Waals surface area (Å²) >= 11 is 3.45. The van der Waals surface area contributed by atoms with Crippen LogP contribution in [0.25, 0.3) is 0 Å². The van der Waals surface area contributed by atoms with E-state index in [9.17, 15) is 4.79 Å². The number of hydrogen-bond acceptors (Lipinski definition) is 1. The third-order valence-corrected chi connectivity index (χ3v) is 3.76. The van der Waals surface area contributed by atoms with Gasteiger partial charge in [0.15, 0.2) is 0 Å². The van der Waals surface area contributed by atoms with Crippen molar-refractivity contribution >= 4 is 27.5 Å². The number of carbonyl (C=O) groups is 1. The first-order valence-electron chi connectivity index (χ1n) is 6.74. The van der Waals surface area contributed by atoms with E-state index < -0.39 is 0 Å². The molecular formula is C16H19BrN2O. The van der Waals surface area contributed by atoms with Gasteiger partial charge in [0.05, 0.1) is 0 Å². The zero-order chi connectivity index (χ0) is 14.7. The molecule has 0 spiro atoms. The smallest absolute Gasteiger partial charge is 0.274 e. The van der Waals surface area contributed by atoms with Crippen molar-refractivity contribution in [1.29, 1.82) is 0 Å². The van der Waals surface area contributed by atoms with Gasteiger partial charge in [-0.3, -0.25) is 4.79 Å². The van der Waals surface area contributed by atoms with Gasteiger partial charge in [0.25, 0.3) is 5.91 Å². The summed E-state index contributed by atoms with van der Waals surface area (Å²) in [6, 6.07) is 9.79. The van der Waals surface area contributed by atoms with E-state index in [0.29, 0.717) is 5.69 Å². The number of carbonyl (C=O) groups excluding carboxylic acids is 1. The van der Waals surface area contributed by atoms with E-state index in [1.165, 1.54) is 0 Å². The minimum atomic E-state index is 0.0125. The molecule has 2 aromatic rings. The van der Waals surface area contributed by atoms with Gasteiger partial charge in [-0.1, -0.05) is 25.1 Å². The quantitative estimate of drug-likeness (QED) is 0.820. The maximum absolute atomic E-state index is 12.7. The Kier molecular flexibility index (Phi) is 4.65. The van der Waals surface area contributed by atoms with Crippen LogP contribution in [0.5, 0.6) is 0 Å². The summed E-state index contributed by atoms with van der Waals surface area (Å²) in [4.78, 5) is 14.4. The Labute approximate surface area is 128 Å². The van der Waals surface area contributed by atoms with E-state index in [0.717, 1.165) is 28.7 Å². The minimum Gasteiger partial charge on any atom is -0.342 e. The van der Waals surface area contributed by atoms with Crippen LogP contribution < -0.4 is 4.90 Å². The molecule has 0 atom stereocenters. The number of hydrogen-bond donors (Lipinski definition) is 0. The highest BCUT2D eigenvalue weighted by Crippen LogP contribution is 2.22. The van der Waals surface area contributed by atoms with Crippen LogP contribution in [0.1, 0.15) is 29.4 Å². The Morgan fingerprint density at radius 1 is 1.35 bits per heavy atom. The lowest BCUT2D eigenvalue weighted by Crippen LogP contribution is -2.29. The van der Waals surface area contributed by atoms with Gasteiger partial charge >= 0.3 is 0 Å². The van der Waals surface area contributed by atoms with Gasteiger partial charge < -0.3 is 9.47 Å². The van der Waals surface area contributed by atoms with Crippen LogP contribution in [0.4, 0.5) is 5.69 Å². The van der Waals surface area contributed by atoms with Gasteiger partial charge in [0.1, 0.15) is 5.69 Å². The Bertz CT molecular complexity index is 619. The van der Waals surface area contributed by atoms with Gasteiger partial charge in [0, 0.05) is 29.9 Å². The molecule has 106 valence electrons. The van der Waals surface area contributed by atoms with Crippen molar-refractivity contribution in [3.63, 3.8) is 0 Å². The molecule has 0 N–H and O–H groups in total. The average Bonchev–Trinajstić information content (AvgIpc) is 2.79. The predicted molar refractivity (Wildman–Crippen MR) is 86.3 cm³/mol. The molecule has 0 aliphatic heterocycles. The summed E-state index contributed by atoms with van der Waals surface area (Å²) in [5, 5.41) is 0. The number of aromatic nitrogens is 1. The van der Waals surface area contributed by atoms with Crippen LogP contribution in [-0.2, 0) is 6.54 Å². The fourth-order valence-corrected chi connectivity index (χ4v) is 2.76. The second-order valence-corrected chi connectivity index (χ2v) is 5.80. The van der Waals surface area contributed by atoms with Gasteiger partial charge in [-0.2, -0.15) is 0 Å². The number of rotatable bonds is 4. The predicted octanol–water partition coefficient (Wildman–Crippen LogP) is 4.25. The summed E-state index contributed by atoms with van der Waals surface area (Å²) in [7, 11) is 1.82. The molecule has 0 unspecified atom stereocenters. The van der Waals surface area contributed by atoms with Gasteiger partial charge in [-0.25, -0.2) is 0 Å². The third kappa shape index (κ3) is 2.96. The highest BCUT2D eigenvalue weighted by molar-refractivity contribution is 9.10. The molecule has 2 rings (SSSR count). The zero-order valence-corrected chi connectivity index (χ0v) is 13.6. The molecule has 1 aromatic carbocycles. The SMILES string of the molecule is CCCn1cc(Br)cc1C(=O)N(C)c1ccccc1C. The number of halogens is 1. The summed E-state index contributed by atoms with van der Waals surface area (Å²) in [6.07, 6.45) is 2.96. The minimum absolute atomic E-state index is 0.0125. The lowest BCUT2D eigenvalue weighted by Gasteiger charge is -2.20. The highest BCUT2D eigenvalue weighted by atomic mass is 79.9. The molecule has 1 heterocycles. The Hall–Kier alpha value is -1.55. The normalized spacial score (nSPS) is 10.6. The van der Waals surface area contributed by atoms with Crippen molar-refractivity contribution in [3.8, 4) is 0 Å². The fourth-order valence-electron chi connectivity index (χ4n) is 2.30. The van der Waals surface area contributed by atoms with Gasteiger partial charge in [-0.15, -0.1) is 0 Å². The lowest BCUT2D eigenvalue weighted by atomic mass is 10.2. The summed E-state index contributed by atoms with van der Waals surface area (Å²) in [6.45, 7) is 4.96. The van der Waals surface area contributed by atoms with E-state index in [4.69, 9.17) is 0 Å². The number of aryl methyl sites for hydroxylation is 2. The van der Waals surface area contributed by atoms with Crippen molar-refractivity contribution in [1.82, 2.24) is 4.57 Å². The molecule has 3 nitrogen and oxygen atoms in total. The molecule has 0 saturated carbocycles. The molecular weight excluding hydrogens is 316 g/mol. The van der Waals surface area contributed by atoms with Crippen LogP contribution in [-0.4, -0.2) is 17.5 Å². The molecule has 1 aromatic heterocycles. The summed E-state index contributed by atoms with van der Waals surface area (Å²) in [5.41, 5.74) is 2.75. The molecule has 0 aliphatic rings. The largest absolute Gasteiger partial charge is 0.342 e. The topological polar surface area (TPSA) is 25.2 Å². The van der Waals surface area contributed by atoms with E-state index in [-0.39, 0.29) is 5.91 Å². The van der Waals surface area contributed by atoms with Crippen LogP contribution in [0.3, 0.4) is 0 Å². The first-order valence-corrected chi connectivity index (χ1v) is 7.53. The van der Waals surface area contributed by atoms with Gasteiger partial charge in [0.2, 0.25) is 0 Å². The Morgan fingerprint density at radius 3 is 2.70 bits per heavy atom. The number of amides is 1. The van der Waals surface area contributed by atoms with Crippen molar-refractivity contribution < 1.29 is 4.79 Å². The molecule has 1 amide bonds. The van der Waals surface area contributed by atoms with E-state index >= 15 is 0 Å². The first kappa shape index (κ1) is 14.9. The number of anilines is 1. The van der Waals surface area contributed by atoms with Gasteiger partial charge in [-0.05, 0) is 47.0 Å². The second-order valence-electron chi connectivity index (χ2n) is 4.89. The van der Waals surface area contributed by atoms with Crippen LogP contribution in [0, 0.1) is 6.92 Å². The maximum Gasteiger partial charge on any atom is 0.274 e. The molecule has 0 radical (unpaired) electrons. The van der Waals surface area contributed by atoms with Crippen LogP contribution >= 0.6 is 15.9 Å². The Balaban J connectivity index is 2.34. The standard InChI is InChI=1S/C16H19BrN2O/c1-4-9-19-11-13(17)10-15(19)16(20)18(3)14-8-6-5-7-12(14)2/h5-8,10-11H,4,9H2,1-3H3. The molecule has 0 saturated heterocycles.